The number of benzene rings is 2. The van der Waals surface area contributed by atoms with Crippen LogP contribution in [0.4, 0.5) is 0 Å². The zero-order chi connectivity index (χ0) is 38.1. The first kappa shape index (κ1) is 38.7. The first-order valence-corrected chi connectivity index (χ1v) is 21.2. The van der Waals surface area contributed by atoms with Gasteiger partial charge < -0.3 is 38.3 Å². The monoisotopic (exact) mass is 736 g/mol. The second-order valence-corrected chi connectivity index (χ2v) is 22.2. The number of hydrogen-bond donors (Lipinski definition) is 2. The third-order valence-electron chi connectivity index (χ3n) is 13.3. The van der Waals surface area contributed by atoms with Crippen LogP contribution in [0.1, 0.15) is 70.3 Å². The topological polar surface area (TPSA) is 133 Å². The largest absolute Gasteiger partial charge is 0.499 e. The van der Waals surface area contributed by atoms with Gasteiger partial charge in [-0.3, -0.25) is 4.79 Å². The molecule has 2 N–H and O–H groups in total. The van der Waals surface area contributed by atoms with Gasteiger partial charge in [0.2, 0.25) is 0 Å². The van der Waals surface area contributed by atoms with Crippen molar-refractivity contribution >= 4 is 20.1 Å². The highest BCUT2D eigenvalue weighted by molar-refractivity contribution is 6.74. The molecule has 11 heteroatoms. The quantitative estimate of drug-likeness (QED) is 0.173. The number of hydrogen-bond acceptors (Lipinski definition) is 10. The molecule has 1 heterocycles. The van der Waals surface area contributed by atoms with Crippen molar-refractivity contribution in [2.45, 2.75) is 115 Å². The summed E-state index contributed by atoms with van der Waals surface area (Å²) in [5.74, 6) is -1.89. The SMILES string of the molecule is COC1=C[C@@H]2[C@@H](OCc3ccc(OC)cc3)C(=O)[C@]3(C)[C@@H](O[Si](C)(C)C(C)(C)C)CC[C@@]4(CO4)[C@H]3[C@H](OC(=O)c3ccccc3)[C@](O)([C@@H]1O)C2(C)C. The maximum absolute atomic E-state index is 15.9. The van der Waals surface area contributed by atoms with Crippen molar-refractivity contribution in [1.82, 2.24) is 0 Å². The Bertz CT molecular complexity index is 1680. The van der Waals surface area contributed by atoms with Crippen LogP contribution < -0.4 is 4.74 Å². The third-order valence-corrected chi connectivity index (χ3v) is 17.8. The summed E-state index contributed by atoms with van der Waals surface area (Å²) in [4.78, 5) is 30.0. The molecule has 3 aliphatic carbocycles. The van der Waals surface area contributed by atoms with Gasteiger partial charge in [-0.15, -0.1) is 0 Å². The van der Waals surface area contributed by atoms with E-state index in [0.717, 1.165) is 5.56 Å². The van der Waals surface area contributed by atoms with E-state index in [1.165, 1.54) is 7.11 Å². The van der Waals surface area contributed by atoms with E-state index in [1.54, 1.807) is 57.4 Å². The molecular weight excluding hydrogens is 681 g/mol. The zero-order valence-corrected chi connectivity index (χ0v) is 33.2. The molecular formula is C41H56O10Si. The Labute approximate surface area is 308 Å². The van der Waals surface area contributed by atoms with E-state index in [2.05, 4.69) is 33.9 Å². The molecule has 1 aliphatic heterocycles. The van der Waals surface area contributed by atoms with Crippen LogP contribution in [0, 0.1) is 22.7 Å². The number of carbonyl (C=O) groups is 2. The number of aliphatic hydroxyl groups is 2. The maximum Gasteiger partial charge on any atom is 0.338 e. The molecule has 2 aromatic rings. The van der Waals surface area contributed by atoms with Crippen molar-refractivity contribution in [2.75, 3.05) is 20.8 Å². The summed E-state index contributed by atoms with van der Waals surface area (Å²) in [5.41, 5.74) is -4.69. The van der Waals surface area contributed by atoms with E-state index in [4.69, 9.17) is 28.1 Å². The van der Waals surface area contributed by atoms with Crippen LogP contribution in [0.2, 0.25) is 18.1 Å². The highest BCUT2D eigenvalue weighted by Gasteiger charge is 2.78. The number of esters is 1. The molecule has 0 aromatic heterocycles. The van der Waals surface area contributed by atoms with E-state index >= 15 is 4.79 Å². The fourth-order valence-electron chi connectivity index (χ4n) is 8.82. The summed E-state index contributed by atoms with van der Waals surface area (Å²) in [7, 11) is 0.501. The van der Waals surface area contributed by atoms with Gasteiger partial charge in [0.1, 0.15) is 35.4 Å². The minimum Gasteiger partial charge on any atom is -0.499 e. The minimum atomic E-state index is -2.51. The number of methoxy groups -OCH3 is 2. The summed E-state index contributed by atoms with van der Waals surface area (Å²) < 4.78 is 37.9. The molecule has 0 unspecified atom stereocenters. The van der Waals surface area contributed by atoms with Crippen molar-refractivity contribution in [3.05, 3.63) is 77.6 Å². The van der Waals surface area contributed by atoms with Gasteiger partial charge in [-0.25, -0.2) is 4.79 Å². The van der Waals surface area contributed by atoms with Crippen LogP contribution in [-0.4, -0.2) is 86.7 Å². The Kier molecular flexibility index (Phi) is 9.93. The lowest BCUT2D eigenvalue weighted by molar-refractivity contribution is -0.274. The third kappa shape index (κ3) is 6.05. The lowest BCUT2D eigenvalue weighted by Gasteiger charge is -2.63. The fourth-order valence-corrected chi connectivity index (χ4v) is 10.2. The van der Waals surface area contributed by atoms with Gasteiger partial charge in [-0.05, 0) is 73.8 Å². The summed E-state index contributed by atoms with van der Waals surface area (Å²) in [6.45, 7) is 16.6. The minimum absolute atomic E-state index is 0.0673. The molecule has 4 aliphatic rings. The van der Waals surface area contributed by atoms with Crippen molar-refractivity contribution in [1.29, 1.82) is 0 Å². The number of ketones is 1. The number of fused-ring (bicyclic) bond motifs is 4. The first-order valence-electron chi connectivity index (χ1n) is 18.3. The number of rotatable bonds is 9. The lowest BCUT2D eigenvalue weighted by Crippen LogP contribution is -2.77. The molecule has 52 heavy (non-hydrogen) atoms. The molecule has 3 fully saturated rings. The maximum atomic E-state index is 15.9. The van der Waals surface area contributed by atoms with Gasteiger partial charge in [0.05, 0.1) is 50.1 Å². The summed E-state index contributed by atoms with van der Waals surface area (Å²) in [6.07, 6.45) is -2.04. The highest BCUT2D eigenvalue weighted by atomic mass is 28.4. The molecule has 9 atom stereocenters. The normalized spacial score (nSPS) is 35.5. The number of ether oxygens (including phenoxy) is 5. The number of carbonyl (C=O) groups excluding carboxylic acids is 2. The fraction of sp³-hybridized carbons (Fsp3) is 0.610. The Hall–Kier alpha value is -3.06. The highest BCUT2D eigenvalue weighted by Crippen LogP contribution is 2.65. The molecule has 10 nitrogen and oxygen atoms in total. The van der Waals surface area contributed by atoms with E-state index in [1.807, 2.05) is 31.2 Å². The molecule has 2 aromatic carbocycles. The van der Waals surface area contributed by atoms with Crippen LogP contribution in [0.3, 0.4) is 0 Å². The van der Waals surface area contributed by atoms with Gasteiger partial charge in [0.25, 0.3) is 0 Å². The van der Waals surface area contributed by atoms with Crippen molar-refractivity contribution in [3.8, 4) is 5.75 Å². The summed E-state index contributed by atoms with van der Waals surface area (Å²) in [5, 5.41) is 25.5. The van der Waals surface area contributed by atoms with Gasteiger partial charge in [0, 0.05) is 17.3 Å². The second kappa shape index (κ2) is 13.4. The smallest absolute Gasteiger partial charge is 0.338 e. The summed E-state index contributed by atoms with van der Waals surface area (Å²) in [6, 6.07) is 16.0. The van der Waals surface area contributed by atoms with Crippen molar-refractivity contribution in [3.63, 3.8) is 0 Å². The van der Waals surface area contributed by atoms with E-state index < -0.39 is 72.6 Å². The van der Waals surface area contributed by atoms with Gasteiger partial charge in [-0.2, -0.15) is 0 Å². The number of aliphatic hydroxyl groups excluding tert-OH is 1. The molecule has 1 saturated heterocycles. The molecule has 0 amide bonds. The van der Waals surface area contributed by atoms with Gasteiger partial charge in [-0.1, -0.05) is 65.0 Å². The molecule has 284 valence electrons. The standard InChI is InChI=1S/C41H56O10Si/c1-37(2,3)52(9,10)51-30-20-21-40(24-49-40)32-35(50-36(44)26-14-12-11-13-15-26)41(45)33(42)29(47-8)22-28(38(41,4)5)31(34(43)39(30,32)6)48-23-25-16-18-27(46-7)19-17-25/h11-19,22,28,30-33,35,42,45H,20-21,23-24H2,1-10H3/t28-,30+,31-,32+,33-,35+,39-,40-,41-/m1/s1. The molecule has 6 rings (SSSR count). The van der Waals surface area contributed by atoms with Crippen LogP contribution in [-0.2, 0) is 34.8 Å². The van der Waals surface area contributed by atoms with Crippen LogP contribution in [0.25, 0.3) is 0 Å². The Balaban J connectivity index is 1.58. The van der Waals surface area contributed by atoms with Crippen LogP contribution in [0.15, 0.2) is 66.4 Å². The van der Waals surface area contributed by atoms with Gasteiger partial charge in [0.15, 0.2) is 14.1 Å². The molecule has 2 saturated carbocycles. The molecule has 1 spiro atoms. The van der Waals surface area contributed by atoms with E-state index in [0.29, 0.717) is 25.2 Å². The van der Waals surface area contributed by atoms with E-state index in [9.17, 15) is 15.0 Å². The molecule has 2 bridgehead atoms. The summed E-state index contributed by atoms with van der Waals surface area (Å²) >= 11 is 0. The number of epoxide rings is 1. The Morgan fingerprint density at radius 2 is 1.63 bits per heavy atom. The zero-order valence-electron chi connectivity index (χ0n) is 32.2. The Morgan fingerprint density at radius 3 is 2.19 bits per heavy atom. The van der Waals surface area contributed by atoms with Gasteiger partial charge >= 0.3 is 5.97 Å². The first-order chi connectivity index (χ1) is 24.3. The predicted molar refractivity (Wildman–Crippen MR) is 197 cm³/mol. The van der Waals surface area contributed by atoms with E-state index in [-0.39, 0.29) is 28.8 Å². The average molecular weight is 737 g/mol. The Morgan fingerprint density at radius 1 is 1.00 bits per heavy atom. The average Bonchev–Trinajstić information content (AvgIpc) is 3.88. The predicted octanol–water partition coefficient (Wildman–Crippen LogP) is 6.24. The van der Waals surface area contributed by atoms with Crippen molar-refractivity contribution < 1.29 is 47.9 Å². The lowest BCUT2D eigenvalue weighted by atomic mass is 9.45. The molecule has 0 radical (unpaired) electrons. The van der Waals surface area contributed by atoms with Crippen LogP contribution >= 0.6 is 0 Å². The number of Topliss-reactive ketones (excluding diaryl/α,β-unsaturated/α-hetero) is 1. The van der Waals surface area contributed by atoms with Crippen molar-refractivity contribution in [2.24, 2.45) is 22.7 Å². The second-order valence-electron chi connectivity index (χ2n) is 17.4. The van der Waals surface area contributed by atoms with Crippen LogP contribution in [0.5, 0.6) is 5.75 Å².